The number of piperazine rings is 1. The van der Waals surface area contributed by atoms with Crippen molar-refractivity contribution in [2.24, 2.45) is 0 Å². The standard InChI is InChI=1S/C29H40N6O3/c1-6-27(37)33-12-13-35(20(3)15-33)28-25-16-34(21(4)24-14-23(36)10-9-19(24)2)17-26(25)30-29(31-28)38-18-22-8-7-11-32(22)5/h6,9-10,14,20-22,36H,1,7-8,11-13,15-18H2,2-5H3/t20-,21?,22-/m0/s1. The lowest BCUT2D eigenvalue weighted by Gasteiger charge is -2.41. The lowest BCUT2D eigenvalue weighted by atomic mass is 10.0. The molecule has 0 radical (unpaired) electrons. The largest absolute Gasteiger partial charge is 0.508 e. The zero-order valence-corrected chi connectivity index (χ0v) is 23.1. The molecule has 2 fully saturated rings. The molecule has 2 saturated heterocycles. The number of aromatic hydroxyl groups is 1. The second-order valence-electron chi connectivity index (χ2n) is 11.0. The Hall–Kier alpha value is -3.17. The summed E-state index contributed by atoms with van der Waals surface area (Å²) in [4.78, 5) is 31.0. The number of likely N-dealkylation sites (N-methyl/N-ethyl adjacent to an activating group) is 1. The Morgan fingerprint density at radius 3 is 2.79 bits per heavy atom. The topological polar surface area (TPSA) is 85.3 Å². The van der Waals surface area contributed by atoms with E-state index in [1.165, 1.54) is 12.5 Å². The van der Waals surface area contributed by atoms with Gasteiger partial charge in [-0.1, -0.05) is 12.6 Å². The van der Waals surface area contributed by atoms with Crippen molar-refractivity contribution >= 4 is 11.7 Å². The molecule has 0 saturated carbocycles. The third kappa shape index (κ3) is 5.22. The molecule has 1 N–H and O–H groups in total. The number of nitrogens with zero attached hydrogens (tertiary/aromatic N) is 6. The summed E-state index contributed by atoms with van der Waals surface area (Å²) in [6.07, 6.45) is 3.70. The van der Waals surface area contributed by atoms with E-state index in [4.69, 9.17) is 14.7 Å². The molecular formula is C29H40N6O3. The van der Waals surface area contributed by atoms with Crippen LogP contribution >= 0.6 is 0 Å². The van der Waals surface area contributed by atoms with Crippen LogP contribution in [0.1, 0.15) is 55.1 Å². The van der Waals surface area contributed by atoms with Gasteiger partial charge in [-0.05, 0) is 76.5 Å². The summed E-state index contributed by atoms with van der Waals surface area (Å²) in [5.41, 5.74) is 4.37. The van der Waals surface area contributed by atoms with Crippen molar-refractivity contribution in [2.45, 2.75) is 64.8 Å². The number of likely N-dealkylation sites (tertiary alicyclic amines) is 1. The van der Waals surface area contributed by atoms with Crippen LogP contribution in [-0.4, -0.2) is 87.6 Å². The SMILES string of the molecule is C=CC(=O)N1CCN(c2nc(OC[C@@H]3CCCN3C)nc3c2CN(C(C)c2cc(O)ccc2C)C3)[C@@H](C)C1. The Labute approximate surface area is 225 Å². The van der Waals surface area contributed by atoms with Crippen LogP contribution in [0.5, 0.6) is 11.8 Å². The molecule has 4 heterocycles. The molecule has 9 heteroatoms. The Kier molecular flexibility index (Phi) is 7.59. The minimum Gasteiger partial charge on any atom is -0.508 e. The maximum Gasteiger partial charge on any atom is 0.318 e. The highest BCUT2D eigenvalue weighted by Crippen LogP contribution is 2.38. The number of ether oxygens (including phenoxy) is 1. The number of phenols is 1. The molecule has 0 aliphatic carbocycles. The second-order valence-corrected chi connectivity index (χ2v) is 11.0. The number of phenolic OH excluding ortho intramolecular Hbond substituents is 1. The molecule has 0 bridgehead atoms. The monoisotopic (exact) mass is 520 g/mol. The minimum atomic E-state index is -0.0318. The van der Waals surface area contributed by atoms with Crippen molar-refractivity contribution in [1.82, 2.24) is 24.7 Å². The summed E-state index contributed by atoms with van der Waals surface area (Å²) in [5, 5.41) is 10.1. The maximum absolute atomic E-state index is 12.3. The molecule has 3 atom stereocenters. The van der Waals surface area contributed by atoms with E-state index in [0.717, 1.165) is 41.2 Å². The van der Waals surface area contributed by atoms with Crippen LogP contribution in [-0.2, 0) is 17.9 Å². The van der Waals surface area contributed by atoms with E-state index in [1.54, 1.807) is 6.07 Å². The van der Waals surface area contributed by atoms with Gasteiger partial charge in [-0.15, -0.1) is 0 Å². The van der Waals surface area contributed by atoms with Crippen molar-refractivity contribution in [2.75, 3.05) is 44.7 Å². The molecule has 2 aromatic rings. The lowest BCUT2D eigenvalue weighted by Crippen LogP contribution is -2.54. The summed E-state index contributed by atoms with van der Waals surface area (Å²) >= 11 is 0. The van der Waals surface area contributed by atoms with E-state index in [1.807, 2.05) is 17.0 Å². The summed E-state index contributed by atoms with van der Waals surface area (Å²) in [7, 11) is 2.14. The molecule has 1 aromatic carbocycles. The molecule has 204 valence electrons. The van der Waals surface area contributed by atoms with E-state index in [0.29, 0.717) is 51.4 Å². The molecule has 0 spiro atoms. The Morgan fingerprint density at radius 2 is 2.08 bits per heavy atom. The average molecular weight is 521 g/mol. The first-order valence-corrected chi connectivity index (χ1v) is 13.7. The number of hydrogen-bond acceptors (Lipinski definition) is 8. The number of benzene rings is 1. The molecule has 3 aliphatic rings. The van der Waals surface area contributed by atoms with Gasteiger partial charge in [-0.2, -0.15) is 9.97 Å². The van der Waals surface area contributed by atoms with Crippen molar-refractivity contribution < 1.29 is 14.6 Å². The first-order valence-electron chi connectivity index (χ1n) is 13.7. The van der Waals surface area contributed by atoms with Gasteiger partial charge in [-0.25, -0.2) is 0 Å². The number of fused-ring (bicyclic) bond motifs is 1. The van der Waals surface area contributed by atoms with Gasteiger partial charge >= 0.3 is 6.01 Å². The van der Waals surface area contributed by atoms with Crippen LogP contribution < -0.4 is 9.64 Å². The molecule has 9 nitrogen and oxygen atoms in total. The van der Waals surface area contributed by atoms with Gasteiger partial charge < -0.3 is 24.5 Å². The van der Waals surface area contributed by atoms with Crippen LogP contribution in [0.2, 0.25) is 0 Å². The number of aromatic nitrogens is 2. The van der Waals surface area contributed by atoms with Crippen molar-refractivity contribution in [3.63, 3.8) is 0 Å². The Balaban J connectivity index is 1.43. The highest BCUT2D eigenvalue weighted by Gasteiger charge is 2.35. The van der Waals surface area contributed by atoms with Gasteiger partial charge in [0.05, 0.1) is 5.69 Å². The third-order valence-electron chi connectivity index (χ3n) is 8.49. The highest BCUT2D eigenvalue weighted by molar-refractivity contribution is 5.87. The number of carbonyl (C=O) groups is 1. The normalized spacial score (nSPS) is 22.9. The molecule has 5 rings (SSSR count). The maximum atomic E-state index is 12.3. The number of carbonyl (C=O) groups excluding carboxylic acids is 1. The van der Waals surface area contributed by atoms with Crippen molar-refractivity contribution in [1.29, 1.82) is 0 Å². The summed E-state index contributed by atoms with van der Waals surface area (Å²) < 4.78 is 6.22. The zero-order valence-electron chi connectivity index (χ0n) is 23.1. The predicted octanol–water partition coefficient (Wildman–Crippen LogP) is 3.26. The van der Waals surface area contributed by atoms with E-state index in [9.17, 15) is 9.90 Å². The van der Waals surface area contributed by atoms with E-state index in [2.05, 4.69) is 49.1 Å². The number of aryl methyl sites for hydroxylation is 1. The Morgan fingerprint density at radius 1 is 1.26 bits per heavy atom. The van der Waals surface area contributed by atoms with Crippen molar-refractivity contribution in [3.05, 3.63) is 53.2 Å². The molecule has 1 aromatic heterocycles. The van der Waals surface area contributed by atoms with Gasteiger partial charge in [0.1, 0.15) is 18.2 Å². The van der Waals surface area contributed by atoms with E-state index < -0.39 is 0 Å². The summed E-state index contributed by atoms with van der Waals surface area (Å²) in [6, 6.07) is 6.57. The highest BCUT2D eigenvalue weighted by atomic mass is 16.5. The number of rotatable bonds is 7. The van der Waals surface area contributed by atoms with Crippen molar-refractivity contribution in [3.8, 4) is 11.8 Å². The Bertz CT molecular complexity index is 1200. The fourth-order valence-electron chi connectivity index (χ4n) is 6.05. The average Bonchev–Trinajstić information content (AvgIpc) is 3.53. The zero-order chi connectivity index (χ0) is 27.0. The lowest BCUT2D eigenvalue weighted by molar-refractivity contribution is -0.126. The quantitative estimate of drug-likeness (QED) is 0.557. The first kappa shape index (κ1) is 26.4. The van der Waals surface area contributed by atoms with Crippen LogP contribution in [0.25, 0.3) is 0 Å². The van der Waals surface area contributed by atoms with Crippen LogP contribution in [0.15, 0.2) is 30.9 Å². The predicted molar refractivity (Wildman–Crippen MR) is 147 cm³/mol. The van der Waals surface area contributed by atoms with Gasteiger partial charge in [0, 0.05) is 56.4 Å². The second kappa shape index (κ2) is 10.9. The number of anilines is 1. The fraction of sp³-hybridized carbons (Fsp3) is 0.552. The molecule has 1 unspecified atom stereocenters. The molecule has 3 aliphatic heterocycles. The smallest absolute Gasteiger partial charge is 0.318 e. The van der Waals surface area contributed by atoms with Gasteiger partial charge in [0.25, 0.3) is 0 Å². The molecule has 1 amide bonds. The number of amides is 1. The van der Waals surface area contributed by atoms with Crippen LogP contribution in [0.4, 0.5) is 5.82 Å². The van der Waals surface area contributed by atoms with E-state index >= 15 is 0 Å². The third-order valence-corrected chi connectivity index (χ3v) is 8.49. The van der Waals surface area contributed by atoms with Crippen LogP contribution in [0.3, 0.4) is 0 Å². The summed E-state index contributed by atoms with van der Waals surface area (Å²) in [6.45, 7) is 15.0. The molecular weight excluding hydrogens is 480 g/mol. The fourth-order valence-corrected chi connectivity index (χ4v) is 6.05. The van der Waals surface area contributed by atoms with Crippen LogP contribution in [0, 0.1) is 6.92 Å². The summed E-state index contributed by atoms with van der Waals surface area (Å²) in [5.74, 6) is 1.16. The first-order chi connectivity index (χ1) is 18.2. The minimum absolute atomic E-state index is 0.0318. The number of hydrogen-bond donors (Lipinski definition) is 1. The van der Waals surface area contributed by atoms with E-state index in [-0.39, 0.29) is 23.7 Å². The molecule has 38 heavy (non-hydrogen) atoms. The van der Waals surface area contributed by atoms with Gasteiger partial charge in [0.15, 0.2) is 0 Å². The van der Waals surface area contributed by atoms with Gasteiger partial charge in [0.2, 0.25) is 5.91 Å². The van der Waals surface area contributed by atoms with Gasteiger partial charge in [-0.3, -0.25) is 9.69 Å².